The van der Waals surface area contributed by atoms with Gasteiger partial charge in [0, 0.05) is 25.2 Å². The molecule has 4 aromatic carbocycles. The predicted molar refractivity (Wildman–Crippen MR) is 235 cm³/mol. The van der Waals surface area contributed by atoms with E-state index in [4.69, 9.17) is 10.2 Å². The monoisotopic (exact) mass is 866 g/mol. The quantitative estimate of drug-likeness (QED) is 0.0548. The number of aromatic amines is 2. The van der Waals surface area contributed by atoms with Gasteiger partial charge in [-0.15, -0.1) is 0 Å². The molecule has 6 rings (SSSR count). The van der Waals surface area contributed by atoms with E-state index in [1.165, 1.54) is 13.8 Å². The van der Waals surface area contributed by atoms with Crippen LogP contribution >= 0.6 is 0 Å². The van der Waals surface area contributed by atoms with Crippen molar-refractivity contribution in [2.45, 2.75) is 51.6 Å². The second kappa shape index (κ2) is 22.6. The smallest absolute Gasteiger partial charge is 0.306 e. The summed E-state index contributed by atoms with van der Waals surface area (Å²) in [5.74, 6) is -6.03. The minimum absolute atomic E-state index is 0.0773. The van der Waals surface area contributed by atoms with Crippen molar-refractivity contribution < 1.29 is 39.0 Å². The molecule has 16 nitrogen and oxygen atoms in total. The number of rotatable bonds is 18. The van der Waals surface area contributed by atoms with Crippen molar-refractivity contribution in [2.24, 2.45) is 11.8 Å². The lowest BCUT2D eigenvalue weighted by atomic mass is 9.98. The fourth-order valence-electron chi connectivity index (χ4n) is 6.29. The summed E-state index contributed by atoms with van der Waals surface area (Å²) in [6, 6.07) is 36.4. The van der Waals surface area contributed by atoms with E-state index in [9.17, 15) is 38.4 Å². The molecule has 2 aromatic heterocycles. The number of ketones is 2. The van der Waals surface area contributed by atoms with Crippen LogP contribution in [-0.2, 0) is 9.59 Å². The molecular formula is C48H46N6O10. The number of carboxylic acid groups (broad SMARTS) is 2. The minimum Gasteiger partial charge on any atom is -0.481 e. The van der Waals surface area contributed by atoms with Gasteiger partial charge in [-0.3, -0.25) is 38.4 Å². The molecule has 0 radical (unpaired) electrons. The first-order valence-electron chi connectivity index (χ1n) is 20.3. The lowest BCUT2D eigenvalue weighted by Gasteiger charge is -2.19. The van der Waals surface area contributed by atoms with Crippen molar-refractivity contribution >= 4 is 35.3 Å². The van der Waals surface area contributed by atoms with Crippen LogP contribution in [0.4, 0.5) is 0 Å². The number of hydrogen-bond donors (Lipinski definition) is 6. The number of benzene rings is 4. The second-order valence-electron chi connectivity index (χ2n) is 14.8. The van der Waals surface area contributed by atoms with Gasteiger partial charge in [0.25, 0.3) is 22.9 Å². The maximum Gasteiger partial charge on any atom is 0.306 e. The molecular weight excluding hydrogens is 821 g/mol. The molecule has 2 unspecified atom stereocenters. The Labute approximate surface area is 366 Å². The van der Waals surface area contributed by atoms with Crippen LogP contribution in [0.1, 0.15) is 116 Å². The molecule has 6 aromatic rings. The van der Waals surface area contributed by atoms with Gasteiger partial charge in [0.1, 0.15) is 11.1 Å². The fourth-order valence-corrected chi connectivity index (χ4v) is 6.29. The standard InChI is InChI=1S/2C24H23N3O5/c2*1-15(24(31)32)12-13-19(28)21-25-14-18(23(30)27-21)22(29)26-20(16-8-4-2-5-9-16)17-10-6-3-7-11-17/h2*2-11,14-15,20H,12-13H2,1H3,(H,26,29)(H,31,32)(H,25,27,30). The molecule has 2 atom stereocenters. The average molecular weight is 867 g/mol. The molecule has 328 valence electrons. The lowest BCUT2D eigenvalue weighted by molar-refractivity contribution is -0.142. The third-order valence-corrected chi connectivity index (χ3v) is 10.2. The van der Waals surface area contributed by atoms with Crippen LogP contribution in [0.2, 0.25) is 0 Å². The minimum atomic E-state index is -1.00. The summed E-state index contributed by atoms with van der Waals surface area (Å²) in [6.45, 7) is 2.99. The number of carboxylic acids is 2. The van der Waals surface area contributed by atoms with E-state index in [0.717, 1.165) is 34.6 Å². The van der Waals surface area contributed by atoms with Crippen LogP contribution in [0.5, 0.6) is 0 Å². The number of carbonyl (C=O) groups is 6. The predicted octanol–water partition coefficient (Wildman–Crippen LogP) is 5.95. The van der Waals surface area contributed by atoms with E-state index in [2.05, 4.69) is 30.6 Å². The number of aliphatic carboxylic acids is 2. The van der Waals surface area contributed by atoms with Gasteiger partial charge in [-0.1, -0.05) is 135 Å². The van der Waals surface area contributed by atoms with Crippen molar-refractivity contribution in [3.63, 3.8) is 0 Å². The summed E-state index contributed by atoms with van der Waals surface area (Å²) in [7, 11) is 0. The Kier molecular flexibility index (Phi) is 16.6. The third kappa shape index (κ3) is 12.9. The van der Waals surface area contributed by atoms with Crippen molar-refractivity contribution in [1.82, 2.24) is 30.6 Å². The van der Waals surface area contributed by atoms with E-state index >= 15 is 0 Å². The summed E-state index contributed by atoms with van der Waals surface area (Å²) >= 11 is 0. The van der Waals surface area contributed by atoms with Gasteiger partial charge in [0.2, 0.25) is 0 Å². The van der Waals surface area contributed by atoms with E-state index in [0.29, 0.717) is 0 Å². The Balaban J connectivity index is 0.000000241. The maximum atomic E-state index is 12.9. The van der Waals surface area contributed by atoms with E-state index < -0.39 is 70.4 Å². The molecule has 64 heavy (non-hydrogen) atoms. The van der Waals surface area contributed by atoms with Gasteiger partial charge >= 0.3 is 11.9 Å². The summed E-state index contributed by atoms with van der Waals surface area (Å²) < 4.78 is 0. The highest BCUT2D eigenvalue weighted by Crippen LogP contribution is 2.23. The zero-order valence-electron chi connectivity index (χ0n) is 34.9. The normalized spacial score (nSPS) is 11.7. The Hall–Kier alpha value is -8.14. The molecule has 0 bridgehead atoms. The van der Waals surface area contributed by atoms with E-state index in [1.807, 2.05) is 121 Å². The van der Waals surface area contributed by atoms with Crippen molar-refractivity contribution in [1.29, 1.82) is 0 Å². The lowest BCUT2D eigenvalue weighted by Crippen LogP contribution is -2.34. The summed E-state index contributed by atoms with van der Waals surface area (Å²) in [5, 5.41) is 23.5. The van der Waals surface area contributed by atoms with Gasteiger partial charge in [-0.2, -0.15) is 0 Å². The molecule has 0 saturated carbocycles. The number of carbonyl (C=O) groups excluding carboxylic acids is 4. The molecule has 2 heterocycles. The number of Topliss-reactive ketones (excluding diaryl/α,β-unsaturated/α-hetero) is 2. The topological polar surface area (TPSA) is 258 Å². The molecule has 0 spiro atoms. The average Bonchev–Trinajstić information content (AvgIpc) is 3.31. The first-order valence-corrected chi connectivity index (χ1v) is 20.3. The summed E-state index contributed by atoms with van der Waals surface area (Å²) in [5.41, 5.74) is 1.44. The van der Waals surface area contributed by atoms with Crippen LogP contribution in [0, 0.1) is 11.8 Å². The molecule has 0 aliphatic heterocycles. The Morgan fingerprint density at radius 1 is 0.500 bits per heavy atom. The van der Waals surface area contributed by atoms with Gasteiger partial charge in [0.05, 0.1) is 23.9 Å². The number of amides is 2. The van der Waals surface area contributed by atoms with Crippen LogP contribution < -0.4 is 21.8 Å². The Bertz CT molecular complexity index is 2430. The molecule has 0 fully saturated rings. The summed E-state index contributed by atoms with van der Waals surface area (Å²) in [4.78, 5) is 109. The van der Waals surface area contributed by atoms with Crippen LogP contribution in [0.3, 0.4) is 0 Å². The molecule has 6 N–H and O–H groups in total. The largest absolute Gasteiger partial charge is 0.481 e. The molecule has 16 heteroatoms. The van der Waals surface area contributed by atoms with Crippen molar-refractivity contribution in [2.75, 3.05) is 0 Å². The SMILES string of the molecule is CC(CCC(=O)c1ncc(C(=O)NC(c2ccccc2)c2ccccc2)c(=O)[nH]1)C(=O)O.CC(CCC(=O)c1ncc(C(=O)NC(c2ccccc2)c2ccccc2)c(=O)[nH]1)C(=O)O. The second-order valence-corrected chi connectivity index (χ2v) is 14.8. The number of aromatic nitrogens is 4. The highest BCUT2D eigenvalue weighted by atomic mass is 16.4. The molecule has 0 saturated heterocycles. The maximum absolute atomic E-state index is 12.9. The number of nitrogens with one attached hydrogen (secondary N) is 4. The van der Waals surface area contributed by atoms with E-state index in [-0.39, 0.29) is 48.5 Å². The van der Waals surface area contributed by atoms with Crippen molar-refractivity contribution in [3.8, 4) is 0 Å². The highest BCUT2D eigenvalue weighted by Gasteiger charge is 2.24. The fraction of sp³-hybridized carbons (Fsp3) is 0.208. The molecule has 0 aliphatic rings. The summed E-state index contributed by atoms with van der Waals surface area (Å²) in [6.07, 6.45) is 2.22. The first kappa shape index (κ1) is 46.9. The molecule has 0 aliphatic carbocycles. The third-order valence-electron chi connectivity index (χ3n) is 10.2. The number of hydrogen-bond acceptors (Lipinski definition) is 10. The van der Waals surface area contributed by atoms with Crippen LogP contribution in [-0.4, -0.2) is 65.5 Å². The van der Waals surface area contributed by atoms with Gasteiger partial charge in [0.15, 0.2) is 23.2 Å². The number of nitrogens with zero attached hydrogens (tertiary/aromatic N) is 2. The van der Waals surface area contributed by atoms with Crippen LogP contribution in [0.15, 0.2) is 143 Å². The van der Waals surface area contributed by atoms with Crippen LogP contribution in [0.25, 0.3) is 0 Å². The van der Waals surface area contributed by atoms with Gasteiger partial charge in [-0.05, 0) is 35.1 Å². The molecule has 2 amide bonds. The van der Waals surface area contributed by atoms with Crippen molar-refractivity contribution in [3.05, 3.63) is 199 Å². The van der Waals surface area contributed by atoms with E-state index in [1.54, 1.807) is 0 Å². The Morgan fingerprint density at radius 2 is 0.781 bits per heavy atom. The zero-order chi connectivity index (χ0) is 46.2. The first-order chi connectivity index (χ1) is 30.7. The zero-order valence-corrected chi connectivity index (χ0v) is 34.9. The van der Waals surface area contributed by atoms with Gasteiger partial charge in [-0.25, -0.2) is 9.97 Å². The van der Waals surface area contributed by atoms with Gasteiger partial charge < -0.3 is 30.8 Å². The highest BCUT2D eigenvalue weighted by molar-refractivity contribution is 5.97. The number of H-pyrrole nitrogens is 2. The Morgan fingerprint density at radius 3 is 1.03 bits per heavy atom.